The molecule has 30 heavy (non-hydrogen) atoms. The minimum absolute atomic E-state index is 0.0235. The molecule has 0 atom stereocenters. The first kappa shape index (κ1) is 22.7. The number of rotatable bonds is 4. The van der Waals surface area contributed by atoms with Crippen molar-refractivity contribution in [1.82, 2.24) is 0 Å². The SMILES string of the molecule is O=C(Nc1cc(C(F)(F)F)cc(S)c1Sc1ccc(Cl)cc1)c1cc(Cl)ccc1O. The number of nitrogens with one attached hydrogen (secondary N) is 1. The molecule has 10 heteroatoms. The molecule has 3 aromatic carbocycles. The minimum atomic E-state index is -4.64. The average molecular weight is 490 g/mol. The number of hydrogen-bond acceptors (Lipinski definition) is 4. The molecule has 0 radical (unpaired) electrons. The Kier molecular flexibility index (Phi) is 6.81. The number of carbonyl (C=O) groups is 1. The predicted octanol–water partition coefficient (Wildman–Crippen LogP) is 7.41. The molecule has 0 unspecified atom stereocenters. The van der Waals surface area contributed by atoms with Crippen LogP contribution in [0, 0.1) is 0 Å². The topological polar surface area (TPSA) is 49.3 Å². The van der Waals surface area contributed by atoms with Gasteiger partial charge in [-0.3, -0.25) is 4.79 Å². The highest BCUT2D eigenvalue weighted by Gasteiger charge is 2.32. The molecule has 3 aromatic rings. The van der Waals surface area contributed by atoms with Gasteiger partial charge >= 0.3 is 6.18 Å². The van der Waals surface area contributed by atoms with Gasteiger partial charge in [0.2, 0.25) is 0 Å². The highest BCUT2D eigenvalue weighted by atomic mass is 35.5. The number of benzene rings is 3. The first-order valence-corrected chi connectivity index (χ1v) is 10.2. The number of carbonyl (C=O) groups excluding carboxylic acids is 1. The van der Waals surface area contributed by atoms with Crippen LogP contribution in [-0.2, 0) is 6.18 Å². The van der Waals surface area contributed by atoms with E-state index in [-0.39, 0.29) is 26.9 Å². The summed E-state index contributed by atoms with van der Waals surface area (Å²) in [5.41, 5.74) is -1.26. The van der Waals surface area contributed by atoms with Crippen molar-refractivity contribution in [2.24, 2.45) is 0 Å². The van der Waals surface area contributed by atoms with E-state index < -0.39 is 17.6 Å². The Morgan fingerprint density at radius 3 is 2.27 bits per heavy atom. The van der Waals surface area contributed by atoms with E-state index in [0.29, 0.717) is 14.8 Å². The summed E-state index contributed by atoms with van der Waals surface area (Å²) in [6, 6.07) is 12.2. The third-order valence-electron chi connectivity index (χ3n) is 3.88. The van der Waals surface area contributed by atoms with E-state index >= 15 is 0 Å². The number of alkyl halides is 3. The molecule has 0 aliphatic heterocycles. The zero-order valence-corrected chi connectivity index (χ0v) is 18.0. The van der Waals surface area contributed by atoms with Gasteiger partial charge in [0.1, 0.15) is 5.75 Å². The van der Waals surface area contributed by atoms with Gasteiger partial charge in [-0.25, -0.2) is 0 Å². The van der Waals surface area contributed by atoms with E-state index in [2.05, 4.69) is 17.9 Å². The van der Waals surface area contributed by atoms with Gasteiger partial charge in [-0.2, -0.15) is 13.2 Å². The van der Waals surface area contributed by atoms with Crippen molar-refractivity contribution in [3.05, 3.63) is 75.8 Å². The molecular weight excluding hydrogens is 478 g/mol. The van der Waals surface area contributed by atoms with Gasteiger partial charge in [0.05, 0.1) is 16.8 Å². The van der Waals surface area contributed by atoms with E-state index in [9.17, 15) is 23.1 Å². The molecule has 0 aliphatic rings. The van der Waals surface area contributed by atoms with E-state index in [1.807, 2.05) is 0 Å². The number of thiol groups is 1. The molecule has 0 heterocycles. The van der Waals surface area contributed by atoms with Crippen LogP contribution in [-0.4, -0.2) is 11.0 Å². The second-order valence-electron chi connectivity index (χ2n) is 6.04. The highest BCUT2D eigenvalue weighted by molar-refractivity contribution is 8.00. The predicted molar refractivity (Wildman–Crippen MR) is 115 cm³/mol. The lowest BCUT2D eigenvalue weighted by Gasteiger charge is -2.17. The maximum atomic E-state index is 13.3. The van der Waals surface area contributed by atoms with Crippen LogP contribution in [0.4, 0.5) is 18.9 Å². The van der Waals surface area contributed by atoms with Gasteiger partial charge in [0.15, 0.2) is 0 Å². The Morgan fingerprint density at radius 2 is 1.63 bits per heavy atom. The zero-order valence-electron chi connectivity index (χ0n) is 14.8. The van der Waals surface area contributed by atoms with E-state index in [0.717, 1.165) is 23.9 Å². The standard InChI is InChI=1S/C20H12Cl2F3NO2S2/c21-11-1-4-13(5-2-11)30-18-15(7-10(8-17(18)29)20(23,24)25)26-19(28)14-9-12(22)3-6-16(14)27/h1-9,27,29H,(H,26,28). The second kappa shape index (κ2) is 9.01. The second-order valence-corrected chi connectivity index (χ2v) is 8.48. The van der Waals surface area contributed by atoms with Crippen molar-refractivity contribution in [3.63, 3.8) is 0 Å². The van der Waals surface area contributed by atoms with Crippen LogP contribution < -0.4 is 5.32 Å². The van der Waals surface area contributed by atoms with Crippen LogP contribution in [0.2, 0.25) is 10.0 Å². The molecule has 156 valence electrons. The summed E-state index contributed by atoms with van der Waals surface area (Å²) in [5.74, 6) is -1.18. The van der Waals surface area contributed by atoms with Crippen molar-refractivity contribution in [2.45, 2.75) is 20.9 Å². The lowest BCUT2D eigenvalue weighted by molar-refractivity contribution is -0.137. The Balaban J connectivity index is 2.05. The van der Waals surface area contributed by atoms with Gasteiger partial charge in [-0.05, 0) is 54.6 Å². The first-order chi connectivity index (χ1) is 14.0. The van der Waals surface area contributed by atoms with E-state index in [4.69, 9.17) is 23.2 Å². The minimum Gasteiger partial charge on any atom is -0.507 e. The molecule has 0 bridgehead atoms. The van der Waals surface area contributed by atoms with Crippen LogP contribution in [0.25, 0.3) is 0 Å². The summed E-state index contributed by atoms with van der Waals surface area (Å²) in [6.07, 6.45) is -4.64. The number of phenolic OH excluding ortho intramolecular Hbond substituents is 1. The quantitative estimate of drug-likeness (QED) is 0.334. The summed E-state index contributed by atoms with van der Waals surface area (Å²) in [4.78, 5) is 13.6. The number of halogens is 5. The van der Waals surface area contributed by atoms with Gasteiger partial charge in [-0.15, -0.1) is 12.6 Å². The fourth-order valence-electron chi connectivity index (χ4n) is 2.48. The van der Waals surface area contributed by atoms with Crippen molar-refractivity contribution in [1.29, 1.82) is 0 Å². The zero-order chi connectivity index (χ0) is 22.1. The number of amides is 1. The molecule has 0 saturated carbocycles. The Labute approximate surface area is 189 Å². The smallest absolute Gasteiger partial charge is 0.416 e. The van der Waals surface area contributed by atoms with Gasteiger partial charge in [-0.1, -0.05) is 35.0 Å². The van der Waals surface area contributed by atoms with Crippen LogP contribution in [0.5, 0.6) is 5.75 Å². The van der Waals surface area contributed by atoms with Crippen molar-refractivity contribution in [2.75, 3.05) is 5.32 Å². The van der Waals surface area contributed by atoms with Crippen LogP contribution >= 0.6 is 47.6 Å². The maximum Gasteiger partial charge on any atom is 0.416 e. The normalized spacial score (nSPS) is 11.4. The van der Waals surface area contributed by atoms with Crippen LogP contribution in [0.1, 0.15) is 15.9 Å². The summed E-state index contributed by atoms with van der Waals surface area (Å²) >= 11 is 17.0. The molecule has 0 aliphatic carbocycles. The van der Waals surface area contributed by atoms with E-state index in [1.54, 1.807) is 24.3 Å². The lowest BCUT2D eigenvalue weighted by atomic mass is 10.1. The van der Waals surface area contributed by atoms with Crippen molar-refractivity contribution in [3.8, 4) is 5.75 Å². The fourth-order valence-corrected chi connectivity index (χ4v) is 4.06. The summed E-state index contributed by atoms with van der Waals surface area (Å²) in [5, 5.41) is 13.0. The molecule has 2 N–H and O–H groups in total. The van der Waals surface area contributed by atoms with Gasteiger partial charge in [0.25, 0.3) is 5.91 Å². The number of anilines is 1. The molecule has 0 aromatic heterocycles. The van der Waals surface area contributed by atoms with Crippen LogP contribution in [0.15, 0.2) is 69.3 Å². The fraction of sp³-hybridized carbons (Fsp3) is 0.0500. The highest BCUT2D eigenvalue weighted by Crippen LogP contribution is 2.43. The van der Waals surface area contributed by atoms with Gasteiger partial charge < -0.3 is 10.4 Å². The molecule has 0 fully saturated rings. The third kappa shape index (κ3) is 5.37. The van der Waals surface area contributed by atoms with E-state index in [1.165, 1.54) is 18.2 Å². The Bertz CT molecular complexity index is 1110. The van der Waals surface area contributed by atoms with Crippen molar-refractivity contribution < 1.29 is 23.1 Å². The largest absolute Gasteiger partial charge is 0.507 e. The summed E-state index contributed by atoms with van der Waals surface area (Å²) in [6.45, 7) is 0. The summed E-state index contributed by atoms with van der Waals surface area (Å²) in [7, 11) is 0. The van der Waals surface area contributed by atoms with Gasteiger partial charge in [0, 0.05) is 24.7 Å². The maximum absolute atomic E-state index is 13.3. The molecule has 1 amide bonds. The molecule has 0 spiro atoms. The van der Waals surface area contributed by atoms with Crippen LogP contribution in [0.3, 0.4) is 0 Å². The number of aromatic hydroxyl groups is 1. The number of phenols is 1. The third-order valence-corrected chi connectivity index (χ3v) is 6.02. The summed E-state index contributed by atoms with van der Waals surface area (Å²) < 4.78 is 39.9. The molecule has 3 nitrogen and oxygen atoms in total. The molecule has 3 rings (SSSR count). The lowest BCUT2D eigenvalue weighted by Crippen LogP contribution is -2.14. The number of hydrogen-bond donors (Lipinski definition) is 3. The Morgan fingerprint density at radius 1 is 1.00 bits per heavy atom. The monoisotopic (exact) mass is 489 g/mol. The van der Waals surface area contributed by atoms with Crippen molar-refractivity contribution >= 4 is 59.2 Å². The first-order valence-electron chi connectivity index (χ1n) is 8.22. The molecule has 0 saturated heterocycles. The average Bonchev–Trinajstić information content (AvgIpc) is 2.66. The molecular formula is C20H12Cl2F3NO2S2. The Hall–Kier alpha value is -2.00.